The predicted molar refractivity (Wildman–Crippen MR) is 84.7 cm³/mol. The zero-order chi connectivity index (χ0) is 19.0. The average Bonchev–Trinajstić information content (AvgIpc) is 2.69. The number of aliphatic hydroxyl groups excluding tert-OH is 1. The number of carbonyl (C=O) groups excluding carboxylic acids is 1. The molecule has 0 spiro atoms. The van der Waals surface area contributed by atoms with Crippen LogP contribution in [0.2, 0.25) is 0 Å². The number of alkyl halides is 2. The van der Waals surface area contributed by atoms with Gasteiger partial charge in [0.15, 0.2) is 12.3 Å². The predicted octanol–water partition coefficient (Wildman–Crippen LogP) is 0.940. The Hall–Kier alpha value is -1.91. The van der Waals surface area contributed by atoms with Crippen molar-refractivity contribution >= 4 is 23.6 Å². The van der Waals surface area contributed by atoms with Gasteiger partial charge in [-0.15, -0.1) is 0 Å². The molecule has 1 fully saturated rings. The van der Waals surface area contributed by atoms with E-state index in [0.29, 0.717) is 0 Å². The Morgan fingerprint density at radius 2 is 2.24 bits per heavy atom. The largest absolute Gasteiger partial charge is 0.509 e. The van der Waals surface area contributed by atoms with Gasteiger partial charge in [-0.1, -0.05) is 11.6 Å². The SMILES string of the molecule is CC(C)(C)OC(=O)O[C@@H]1[C@@H](CO)O[C@@H](n2ccc(N)nc2=O)[C@]1(F)Cl. The maximum absolute atomic E-state index is 15.1. The van der Waals surface area contributed by atoms with E-state index >= 15 is 4.39 Å². The van der Waals surface area contributed by atoms with E-state index in [4.69, 9.17) is 31.5 Å². The van der Waals surface area contributed by atoms with E-state index in [1.165, 1.54) is 6.07 Å². The number of carbonyl (C=O) groups is 1. The summed E-state index contributed by atoms with van der Waals surface area (Å²) in [6.45, 7) is 4.07. The lowest BCUT2D eigenvalue weighted by Gasteiger charge is -2.26. The van der Waals surface area contributed by atoms with Gasteiger partial charge in [0.1, 0.15) is 17.5 Å². The van der Waals surface area contributed by atoms with E-state index in [-0.39, 0.29) is 5.82 Å². The summed E-state index contributed by atoms with van der Waals surface area (Å²) >= 11 is 5.88. The Balaban J connectivity index is 2.29. The fourth-order valence-electron chi connectivity index (χ4n) is 2.24. The maximum atomic E-state index is 15.1. The van der Waals surface area contributed by atoms with Crippen LogP contribution >= 0.6 is 11.6 Å². The van der Waals surface area contributed by atoms with Gasteiger partial charge in [-0.05, 0) is 26.8 Å². The van der Waals surface area contributed by atoms with Crippen molar-refractivity contribution in [1.29, 1.82) is 0 Å². The van der Waals surface area contributed by atoms with E-state index in [0.717, 1.165) is 10.8 Å². The normalized spacial score (nSPS) is 29.4. The minimum atomic E-state index is -2.86. The van der Waals surface area contributed by atoms with E-state index in [1.54, 1.807) is 20.8 Å². The van der Waals surface area contributed by atoms with Crippen molar-refractivity contribution in [2.45, 2.75) is 49.9 Å². The minimum Gasteiger partial charge on any atom is -0.429 e. The summed E-state index contributed by atoms with van der Waals surface area (Å²) in [6.07, 6.45) is -4.78. The molecule has 25 heavy (non-hydrogen) atoms. The molecule has 0 bridgehead atoms. The summed E-state index contributed by atoms with van der Waals surface area (Å²) < 4.78 is 31.0. The van der Waals surface area contributed by atoms with Gasteiger partial charge in [0, 0.05) is 6.20 Å². The topological polar surface area (TPSA) is 126 Å². The lowest BCUT2D eigenvalue weighted by Crippen LogP contribution is -2.44. The Bertz CT molecular complexity index is 705. The van der Waals surface area contributed by atoms with E-state index in [9.17, 15) is 14.7 Å². The van der Waals surface area contributed by atoms with Crippen molar-refractivity contribution in [3.63, 3.8) is 0 Å². The quantitative estimate of drug-likeness (QED) is 0.587. The summed E-state index contributed by atoms with van der Waals surface area (Å²) in [6, 6.07) is 1.24. The number of anilines is 1. The zero-order valence-electron chi connectivity index (χ0n) is 13.8. The van der Waals surface area contributed by atoms with Gasteiger partial charge >= 0.3 is 11.8 Å². The molecule has 1 aliphatic heterocycles. The second-order valence-corrected chi connectivity index (χ2v) is 7.01. The first-order valence-corrected chi connectivity index (χ1v) is 7.72. The van der Waals surface area contributed by atoms with Crippen LogP contribution in [0.25, 0.3) is 0 Å². The fourth-order valence-corrected chi connectivity index (χ4v) is 2.58. The van der Waals surface area contributed by atoms with Crippen LogP contribution in [0.5, 0.6) is 0 Å². The van der Waals surface area contributed by atoms with Gasteiger partial charge in [-0.3, -0.25) is 4.57 Å². The highest BCUT2D eigenvalue weighted by Gasteiger charge is 2.60. The van der Waals surface area contributed by atoms with Crippen LogP contribution in [0.1, 0.15) is 27.0 Å². The van der Waals surface area contributed by atoms with Gasteiger partial charge in [-0.2, -0.15) is 4.98 Å². The second-order valence-electron chi connectivity index (χ2n) is 6.43. The number of hydrogen-bond donors (Lipinski definition) is 2. The van der Waals surface area contributed by atoms with Crippen molar-refractivity contribution in [3.8, 4) is 0 Å². The molecule has 0 aliphatic carbocycles. The fraction of sp³-hybridized carbons (Fsp3) is 0.643. The van der Waals surface area contributed by atoms with Crippen LogP contribution < -0.4 is 11.4 Å². The Morgan fingerprint density at radius 3 is 2.76 bits per heavy atom. The number of ether oxygens (including phenoxy) is 3. The molecule has 1 aromatic rings. The number of halogens is 2. The lowest BCUT2D eigenvalue weighted by atomic mass is 10.1. The molecule has 1 saturated heterocycles. The standard InChI is InChI=1S/C14H19ClFN3O6/c1-13(2,3)25-12(22)24-9-7(6-20)23-10(14(9,15)16)19-5-4-8(17)18-11(19)21/h4-5,7,9-10,20H,6H2,1-3H3,(H2,17,18,21)/t7-,9-,10-,14+/m1/s1. The molecule has 1 aromatic heterocycles. The third kappa shape index (κ3) is 4.20. The van der Waals surface area contributed by atoms with Crippen molar-refractivity contribution in [2.75, 3.05) is 12.3 Å². The van der Waals surface area contributed by atoms with Crippen LogP contribution in [-0.4, -0.2) is 50.4 Å². The third-order valence-electron chi connectivity index (χ3n) is 3.25. The summed E-state index contributed by atoms with van der Waals surface area (Å²) in [4.78, 5) is 27.2. The Labute approximate surface area is 147 Å². The smallest absolute Gasteiger partial charge is 0.429 e. The van der Waals surface area contributed by atoms with Crippen LogP contribution in [-0.2, 0) is 14.2 Å². The lowest BCUT2D eigenvalue weighted by molar-refractivity contribution is -0.0694. The number of nitrogens with zero attached hydrogens (tertiary/aromatic N) is 2. The van der Waals surface area contributed by atoms with Crippen molar-refractivity contribution in [2.24, 2.45) is 0 Å². The summed E-state index contributed by atoms with van der Waals surface area (Å²) in [5.74, 6) is -0.0708. The Morgan fingerprint density at radius 1 is 1.60 bits per heavy atom. The van der Waals surface area contributed by atoms with Crippen LogP contribution in [0.3, 0.4) is 0 Å². The monoisotopic (exact) mass is 379 g/mol. The summed E-state index contributed by atoms with van der Waals surface area (Å²) in [5.41, 5.74) is 3.59. The average molecular weight is 380 g/mol. The molecule has 3 N–H and O–H groups in total. The molecule has 0 aromatic carbocycles. The van der Waals surface area contributed by atoms with E-state index < -0.39 is 47.6 Å². The van der Waals surface area contributed by atoms with Gasteiger partial charge in [0.05, 0.1) is 6.61 Å². The number of aliphatic hydroxyl groups is 1. The number of rotatable bonds is 3. The molecule has 0 radical (unpaired) electrons. The molecule has 11 heteroatoms. The molecule has 140 valence electrons. The van der Waals surface area contributed by atoms with Crippen molar-refractivity contribution in [3.05, 3.63) is 22.7 Å². The van der Waals surface area contributed by atoms with Crippen LogP contribution in [0.15, 0.2) is 17.1 Å². The summed E-state index contributed by atoms with van der Waals surface area (Å²) in [7, 11) is 0. The molecule has 2 heterocycles. The highest BCUT2D eigenvalue weighted by atomic mass is 35.5. The summed E-state index contributed by atoms with van der Waals surface area (Å²) in [5, 5.41) is 6.53. The molecular weight excluding hydrogens is 361 g/mol. The highest BCUT2D eigenvalue weighted by molar-refractivity contribution is 6.23. The number of nitrogens with two attached hydrogens (primary N) is 1. The molecule has 2 rings (SSSR count). The molecule has 4 atom stereocenters. The van der Waals surface area contributed by atoms with E-state index in [1.807, 2.05) is 0 Å². The minimum absolute atomic E-state index is 0.0708. The van der Waals surface area contributed by atoms with Gasteiger partial charge in [-0.25, -0.2) is 14.0 Å². The van der Waals surface area contributed by atoms with Crippen LogP contribution in [0, 0.1) is 0 Å². The van der Waals surface area contributed by atoms with Crippen molar-refractivity contribution < 1.29 is 28.5 Å². The zero-order valence-corrected chi connectivity index (χ0v) is 14.6. The molecular formula is C14H19ClFN3O6. The number of aromatic nitrogens is 2. The first-order valence-electron chi connectivity index (χ1n) is 7.34. The second kappa shape index (κ2) is 6.77. The van der Waals surface area contributed by atoms with Crippen molar-refractivity contribution in [1.82, 2.24) is 9.55 Å². The van der Waals surface area contributed by atoms with Crippen LogP contribution in [0.4, 0.5) is 15.0 Å². The molecule has 0 amide bonds. The molecule has 9 nitrogen and oxygen atoms in total. The molecule has 1 aliphatic rings. The van der Waals surface area contributed by atoms with Gasteiger partial charge in [0.25, 0.3) is 5.13 Å². The van der Waals surface area contributed by atoms with Gasteiger partial charge < -0.3 is 25.1 Å². The van der Waals surface area contributed by atoms with E-state index in [2.05, 4.69) is 4.98 Å². The first kappa shape index (κ1) is 19.4. The van der Waals surface area contributed by atoms with Gasteiger partial charge in [0.2, 0.25) is 0 Å². The highest BCUT2D eigenvalue weighted by Crippen LogP contribution is 2.45. The molecule has 0 unspecified atom stereocenters. The first-order chi connectivity index (χ1) is 11.5. The Kier molecular flexibility index (Phi) is 5.26. The number of hydrogen-bond acceptors (Lipinski definition) is 8. The third-order valence-corrected chi connectivity index (χ3v) is 3.65. The maximum Gasteiger partial charge on any atom is 0.509 e. The number of nitrogen functional groups attached to an aromatic ring is 1. The molecule has 0 saturated carbocycles.